The summed E-state index contributed by atoms with van der Waals surface area (Å²) < 4.78 is 0. The lowest BCUT2D eigenvalue weighted by Crippen LogP contribution is -2.49. The van der Waals surface area contributed by atoms with Gasteiger partial charge < -0.3 is 14.9 Å². The average Bonchev–Trinajstić information content (AvgIpc) is 3.19. The van der Waals surface area contributed by atoms with Gasteiger partial charge in [0.15, 0.2) is 0 Å². The Bertz CT molecular complexity index is 328. The lowest BCUT2D eigenvalue weighted by molar-refractivity contribution is -0.143. The number of aliphatic carboxylic acids is 1. The first kappa shape index (κ1) is 13.2. The molecule has 2 fully saturated rings. The molecule has 0 unspecified atom stereocenters. The van der Waals surface area contributed by atoms with Crippen LogP contribution in [0.1, 0.15) is 39.0 Å². The van der Waals surface area contributed by atoms with Crippen LogP contribution in [-0.2, 0) is 4.79 Å². The summed E-state index contributed by atoms with van der Waals surface area (Å²) in [5.41, 5.74) is 0. The molecule has 5 heteroatoms. The minimum Gasteiger partial charge on any atom is -0.481 e. The number of hydrogen-bond donors (Lipinski definition) is 1. The Kier molecular flexibility index (Phi) is 4.09. The van der Waals surface area contributed by atoms with Crippen LogP contribution in [0.25, 0.3) is 0 Å². The molecule has 1 atom stereocenters. The molecule has 0 aromatic carbocycles. The maximum atomic E-state index is 12.4. The molecule has 1 heterocycles. The van der Waals surface area contributed by atoms with Gasteiger partial charge in [0.1, 0.15) is 0 Å². The molecule has 0 radical (unpaired) electrons. The van der Waals surface area contributed by atoms with E-state index in [1.807, 2.05) is 4.90 Å². The maximum Gasteiger partial charge on any atom is 0.320 e. The second-order valence-corrected chi connectivity index (χ2v) is 5.33. The Morgan fingerprint density at radius 3 is 2.61 bits per heavy atom. The van der Waals surface area contributed by atoms with Gasteiger partial charge in [0.05, 0.1) is 5.92 Å². The highest BCUT2D eigenvalue weighted by Gasteiger charge is 2.36. The number of carboxylic acids is 1. The number of nitrogens with zero attached hydrogens (tertiary/aromatic N) is 2. The van der Waals surface area contributed by atoms with E-state index in [-0.39, 0.29) is 11.9 Å². The number of amides is 2. The molecule has 0 aromatic rings. The van der Waals surface area contributed by atoms with Gasteiger partial charge in [-0.25, -0.2) is 4.79 Å². The van der Waals surface area contributed by atoms with E-state index in [0.29, 0.717) is 25.6 Å². The van der Waals surface area contributed by atoms with Crippen LogP contribution in [0.3, 0.4) is 0 Å². The number of carbonyl (C=O) groups excluding carboxylic acids is 1. The van der Waals surface area contributed by atoms with Crippen molar-refractivity contribution in [2.75, 3.05) is 19.6 Å². The Labute approximate surface area is 108 Å². The van der Waals surface area contributed by atoms with E-state index >= 15 is 0 Å². The Morgan fingerprint density at radius 1 is 1.33 bits per heavy atom. The predicted molar refractivity (Wildman–Crippen MR) is 67.3 cm³/mol. The molecule has 2 aliphatic rings. The van der Waals surface area contributed by atoms with E-state index in [2.05, 4.69) is 6.92 Å². The topological polar surface area (TPSA) is 60.9 Å². The summed E-state index contributed by atoms with van der Waals surface area (Å²) in [6.07, 6.45) is 4.64. The van der Waals surface area contributed by atoms with Crippen LogP contribution in [0.5, 0.6) is 0 Å². The third-order valence-electron chi connectivity index (χ3n) is 3.74. The summed E-state index contributed by atoms with van der Waals surface area (Å²) in [7, 11) is 0. The fourth-order valence-electron chi connectivity index (χ4n) is 2.60. The van der Waals surface area contributed by atoms with E-state index in [9.17, 15) is 9.59 Å². The van der Waals surface area contributed by atoms with E-state index in [1.165, 1.54) is 0 Å². The zero-order chi connectivity index (χ0) is 13.1. The van der Waals surface area contributed by atoms with Crippen molar-refractivity contribution < 1.29 is 14.7 Å². The largest absolute Gasteiger partial charge is 0.481 e. The number of carbonyl (C=O) groups is 2. The molecule has 2 rings (SSSR count). The number of rotatable bonds is 4. The minimum absolute atomic E-state index is 0.0466. The Hall–Kier alpha value is -1.26. The zero-order valence-electron chi connectivity index (χ0n) is 11.0. The van der Waals surface area contributed by atoms with E-state index in [0.717, 1.165) is 32.2 Å². The molecule has 102 valence electrons. The molecule has 2 amide bonds. The molecule has 5 nitrogen and oxygen atoms in total. The maximum absolute atomic E-state index is 12.4. The van der Waals surface area contributed by atoms with Crippen molar-refractivity contribution >= 4 is 12.0 Å². The molecule has 0 bridgehead atoms. The first-order chi connectivity index (χ1) is 8.63. The van der Waals surface area contributed by atoms with Crippen molar-refractivity contribution in [2.45, 2.75) is 45.1 Å². The number of carboxylic acid groups (broad SMARTS) is 1. The van der Waals surface area contributed by atoms with Gasteiger partial charge in [-0.1, -0.05) is 6.92 Å². The van der Waals surface area contributed by atoms with Crippen molar-refractivity contribution in [2.24, 2.45) is 5.92 Å². The molecular formula is C13H22N2O3. The molecule has 0 aromatic heterocycles. The third kappa shape index (κ3) is 2.94. The van der Waals surface area contributed by atoms with Gasteiger partial charge in [0.25, 0.3) is 0 Å². The molecule has 18 heavy (non-hydrogen) atoms. The quantitative estimate of drug-likeness (QED) is 0.831. The van der Waals surface area contributed by atoms with Crippen molar-refractivity contribution in [3.05, 3.63) is 0 Å². The lowest BCUT2D eigenvalue weighted by Gasteiger charge is -2.35. The summed E-state index contributed by atoms with van der Waals surface area (Å²) in [4.78, 5) is 27.1. The summed E-state index contributed by atoms with van der Waals surface area (Å²) >= 11 is 0. The fraction of sp³-hybridized carbons (Fsp3) is 0.846. The van der Waals surface area contributed by atoms with Gasteiger partial charge >= 0.3 is 12.0 Å². The van der Waals surface area contributed by atoms with E-state index < -0.39 is 5.97 Å². The summed E-state index contributed by atoms with van der Waals surface area (Å²) in [5, 5.41) is 9.05. The highest BCUT2D eigenvalue weighted by Crippen LogP contribution is 2.29. The minimum atomic E-state index is -0.777. The van der Waals surface area contributed by atoms with E-state index in [4.69, 9.17) is 5.11 Å². The molecule has 1 saturated heterocycles. The number of piperidine rings is 1. The first-order valence-corrected chi connectivity index (χ1v) is 6.91. The number of hydrogen-bond acceptors (Lipinski definition) is 2. The van der Waals surface area contributed by atoms with Gasteiger partial charge in [-0.3, -0.25) is 4.79 Å². The monoisotopic (exact) mass is 254 g/mol. The second-order valence-electron chi connectivity index (χ2n) is 5.33. The lowest BCUT2D eigenvalue weighted by atomic mass is 9.98. The fourth-order valence-corrected chi connectivity index (χ4v) is 2.60. The first-order valence-electron chi connectivity index (χ1n) is 6.91. The van der Waals surface area contributed by atoms with Crippen LogP contribution < -0.4 is 0 Å². The van der Waals surface area contributed by atoms with Crippen LogP contribution in [0, 0.1) is 5.92 Å². The molecule has 1 aliphatic carbocycles. The standard InChI is InChI=1S/C13H22N2O3/c1-2-7-15(11-5-6-11)13(18)14-8-3-4-10(9-14)12(16)17/h10-11H,2-9H2,1H3,(H,16,17)/t10-/m0/s1. The molecule has 1 aliphatic heterocycles. The van der Waals surface area contributed by atoms with Crippen LogP contribution in [-0.4, -0.2) is 52.6 Å². The van der Waals surface area contributed by atoms with Gasteiger partial charge in [0.2, 0.25) is 0 Å². The van der Waals surface area contributed by atoms with Gasteiger partial charge in [-0.2, -0.15) is 0 Å². The van der Waals surface area contributed by atoms with Crippen molar-refractivity contribution in [1.29, 1.82) is 0 Å². The zero-order valence-corrected chi connectivity index (χ0v) is 11.0. The average molecular weight is 254 g/mol. The molecule has 1 saturated carbocycles. The SMILES string of the molecule is CCCN(C(=O)N1CCC[C@H](C(=O)O)C1)C1CC1. The van der Waals surface area contributed by atoms with Crippen LogP contribution in [0.4, 0.5) is 4.79 Å². The third-order valence-corrected chi connectivity index (χ3v) is 3.74. The van der Waals surface area contributed by atoms with Crippen LogP contribution in [0.15, 0.2) is 0 Å². The van der Waals surface area contributed by atoms with Crippen molar-refractivity contribution in [3.8, 4) is 0 Å². The highest BCUT2D eigenvalue weighted by atomic mass is 16.4. The normalized spacial score (nSPS) is 23.8. The number of likely N-dealkylation sites (tertiary alicyclic amines) is 1. The van der Waals surface area contributed by atoms with Crippen molar-refractivity contribution in [3.63, 3.8) is 0 Å². The van der Waals surface area contributed by atoms with Gasteiger partial charge in [-0.15, -0.1) is 0 Å². The van der Waals surface area contributed by atoms with Gasteiger partial charge in [0, 0.05) is 25.7 Å². The second kappa shape index (κ2) is 5.59. The van der Waals surface area contributed by atoms with Crippen LogP contribution in [0.2, 0.25) is 0 Å². The number of urea groups is 1. The molecule has 1 N–H and O–H groups in total. The van der Waals surface area contributed by atoms with E-state index in [1.54, 1.807) is 4.90 Å². The molecule has 0 spiro atoms. The summed E-state index contributed by atoms with van der Waals surface area (Å²) in [6.45, 7) is 3.94. The van der Waals surface area contributed by atoms with Crippen molar-refractivity contribution in [1.82, 2.24) is 9.80 Å². The Balaban J connectivity index is 1.96. The highest BCUT2D eigenvalue weighted by molar-refractivity contribution is 5.77. The van der Waals surface area contributed by atoms with Crippen LogP contribution >= 0.6 is 0 Å². The Morgan fingerprint density at radius 2 is 2.06 bits per heavy atom. The molecular weight excluding hydrogens is 232 g/mol. The van der Waals surface area contributed by atoms with Gasteiger partial charge in [-0.05, 0) is 32.1 Å². The smallest absolute Gasteiger partial charge is 0.320 e. The predicted octanol–water partition coefficient (Wildman–Crippen LogP) is 1.78. The summed E-state index contributed by atoms with van der Waals surface area (Å²) in [5.74, 6) is -1.16. The summed E-state index contributed by atoms with van der Waals surface area (Å²) in [6, 6.07) is 0.452.